The lowest BCUT2D eigenvalue weighted by Crippen LogP contribution is -2.48. The van der Waals surface area contributed by atoms with Crippen LogP contribution < -0.4 is 20.8 Å². The lowest BCUT2D eigenvalue weighted by atomic mass is 10.2. The van der Waals surface area contributed by atoms with Gasteiger partial charge >= 0.3 is 6.03 Å². The second-order valence-electron chi connectivity index (χ2n) is 11.8. The summed E-state index contributed by atoms with van der Waals surface area (Å²) in [6.45, 7) is 4.44. The van der Waals surface area contributed by atoms with E-state index < -0.39 is 6.03 Å². The molecule has 1 fully saturated rings. The summed E-state index contributed by atoms with van der Waals surface area (Å²) in [5.41, 5.74) is 7.17. The first-order valence-corrected chi connectivity index (χ1v) is 17.8. The number of nitrogens with one attached hydrogen (secondary N) is 3. The number of piperazine rings is 1. The standard InChI is InChI=1S/C37H35Cl2N7O4S.2ClH/c38-32-13-11-29(18-33(32)39)43-37(49)42-28-9-6-26(7-10-28)36-41-30(24-51-36)21-45-14-16-46(17-15-45)22-35(48)44-40-20-27-8-12-31(19-34(27)47)50-23-25-4-2-1-3-5-25;;/h1-13,18-20,24,47H,14-17,21-23H2,(H,44,48)(H2,42,43,49);2*1H/b40-20+;;. The first-order valence-electron chi connectivity index (χ1n) is 16.1. The largest absolute Gasteiger partial charge is 0.507 e. The number of aromatic hydroxyl groups is 1. The molecule has 0 bridgehead atoms. The highest BCUT2D eigenvalue weighted by Crippen LogP contribution is 2.28. The number of ether oxygens (including phenoxy) is 1. The van der Waals surface area contributed by atoms with Gasteiger partial charge in [0, 0.05) is 66.7 Å². The van der Waals surface area contributed by atoms with Gasteiger partial charge in [0.25, 0.3) is 5.91 Å². The molecule has 2 heterocycles. The van der Waals surface area contributed by atoms with Crippen molar-refractivity contribution in [3.05, 3.63) is 123 Å². The van der Waals surface area contributed by atoms with Gasteiger partial charge in [0.2, 0.25) is 0 Å². The van der Waals surface area contributed by atoms with Crippen molar-refractivity contribution in [3.63, 3.8) is 0 Å². The molecule has 1 saturated heterocycles. The van der Waals surface area contributed by atoms with E-state index in [1.54, 1.807) is 41.7 Å². The Morgan fingerprint density at radius 1 is 0.868 bits per heavy atom. The zero-order chi connectivity index (χ0) is 35.6. The number of amides is 3. The number of hydrogen-bond acceptors (Lipinski definition) is 9. The third-order valence-corrected chi connectivity index (χ3v) is 9.66. The Kier molecular flexibility index (Phi) is 15.7. The summed E-state index contributed by atoms with van der Waals surface area (Å²) in [4.78, 5) is 34.2. The molecular weight excluding hydrogens is 780 g/mol. The van der Waals surface area contributed by atoms with Crippen LogP contribution in [-0.4, -0.2) is 70.8 Å². The van der Waals surface area contributed by atoms with Crippen LogP contribution in [-0.2, 0) is 17.9 Å². The minimum atomic E-state index is -0.392. The smallest absolute Gasteiger partial charge is 0.323 e. The summed E-state index contributed by atoms with van der Waals surface area (Å²) < 4.78 is 5.74. The van der Waals surface area contributed by atoms with Crippen molar-refractivity contribution in [3.8, 4) is 22.1 Å². The summed E-state index contributed by atoms with van der Waals surface area (Å²) in [7, 11) is 0. The van der Waals surface area contributed by atoms with Gasteiger partial charge in [-0.25, -0.2) is 15.2 Å². The van der Waals surface area contributed by atoms with E-state index in [-0.39, 0.29) is 43.0 Å². The van der Waals surface area contributed by atoms with Crippen molar-refractivity contribution in [1.29, 1.82) is 0 Å². The van der Waals surface area contributed by atoms with Crippen LogP contribution in [0.5, 0.6) is 11.5 Å². The second kappa shape index (κ2) is 20.2. The fourth-order valence-electron chi connectivity index (χ4n) is 5.29. The van der Waals surface area contributed by atoms with Crippen LogP contribution in [0.4, 0.5) is 16.2 Å². The fourth-order valence-corrected chi connectivity index (χ4v) is 6.40. The lowest BCUT2D eigenvalue weighted by Gasteiger charge is -2.33. The molecule has 0 spiro atoms. The van der Waals surface area contributed by atoms with Crippen LogP contribution in [0.25, 0.3) is 10.6 Å². The zero-order valence-corrected chi connectivity index (χ0v) is 32.2. The van der Waals surface area contributed by atoms with E-state index in [1.807, 2.05) is 54.6 Å². The molecule has 278 valence electrons. The molecule has 0 saturated carbocycles. The van der Waals surface area contributed by atoms with Crippen LogP contribution in [0.15, 0.2) is 101 Å². The number of halogens is 4. The molecule has 6 rings (SSSR count). The number of carbonyl (C=O) groups excluding carboxylic acids is 2. The second-order valence-corrected chi connectivity index (χ2v) is 13.4. The van der Waals surface area contributed by atoms with Crippen LogP contribution in [0, 0.1) is 0 Å². The number of aromatic nitrogens is 1. The molecule has 1 aliphatic heterocycles. The van der Waals surface area contributed by atoms with E-state index in [0.29, 0.717) is 39.3 Å². The van der Waals surface area contributed by atoms with Gasteiger partial charge in [-0.2, -0.15) is 5.10 Å². The van der Waals surface area contributed by atoms with Crippen LogP contribution in [0.2, 0.25) is 10.0 Å². The predicted octanol–water partition coefficient (Wildman–Crippen LogP) is 8.16. The Bertz CT molecular complexity index is 1990. The van der Waals surface area contributed by atoms with Crippen molar-refractivity contribution < 1.29 is 19.4 Å². The third-order valence-electron chi connectivity index (χ3n) is 7.98. The average molecular weight is 818 g/mol. The van der Waals surface area contributed by atoms with E-state index >= 15 is 0 Å². The lowest BCUT2D eigenvalue weighted by molar-refractivity contribution is -0.122. The number of phenolic OH excluding ortho intramolecular Hbond substituents is 1. The summed E-state index contributed by atoms with van der Waals surface area (Å²) >= 11 is 13.5. The first-order chi connectivity index (χ1) is 24.8. The van der Waals surface area contributed by atoms with Gasteiger partial charge in [0.15, 0.2) is 0 Å². The topological polar surface area (TPSA) is 131 Å². The van der Waals surface area contributed by atoms with E-state index in [9.17, 15) is 14.7 Å². The number of benzene rings is 4. The fraction of sp³-hybridized carbons (Fsp3) is 0.189. The average Bonchev–Trinajstić information content (AvgIpc) is 3.60. The monoisotopic (exact) mass is 815 g/mol. The Morgan fingerprint density at radius 2 is 1.57 bits per heavy atom. The minimum absolute atomic E-state index is 0. The van der Waals surface area contributed by atoms with Gasteiger partial charge in [-0.15, -0.1) is 36.2 Å². The number of hydrogen-bond donors (Lipinski definition) is 4. The molecule has 11 nitrogen and oxygen atoms in total. The number of urea groups is 1. The SMILES string of the molecule is Cl.Cl.O=C(CN1CCN(Cc2csc(-c3ccc(NC(=O)Nc4ccc(Cl)c(Cl)c4)cc3)n2)CC1)N/N=C/c1ccc(OCc2ccccc2)cc1O. The van der Waals surface area contributed by atoms with Gasteiger partial charge in [0.1, 0.15) is 23.1 Å². The maximum Gasteiger partial charge on any atom is 0.323 e. The zero-order valence-electron chi connectivity index (χ0n) is 28.2. The molecule has 0 atom stereocenters. The molecule has 4 aromatic carbocycles. The van der Waals surface area contributed by atoms with Gasteiger partial charge in [-0.1, -0.05) is 53.5 Å². The van der Waals surface area contributed by atoms with Gasteiger partial charge in [0.05, 0.1) is 28.5 Å². The highest BCUT2D eigenvalue weighted by Gasteiger charge is 2.20. The van der Waals surface area contributed by atoms with E-state index in [0.717, 1.165) is 54.6 Å². The molecule has 1 aliphatic rings. The summed E-state index contributed by atoms with van der Waals surface area (Å²) in [6.07, 6.45) is 1.42. The quantitative estimate of drug-likeness (QED) is 0.0739. The number of anilines is 2. The molecule has 0 unspecified atom stereocenters. The summed E-state index contributed by atoms with van der Waals surface area (Å²) in [6, 6.07) is 26.7. The Balaban J connectivity index is 0.00000314. The van der Waals surface area contributed by atoms with Crippen molar-refractivity contribution in [2.45, 2.75) is 13.2 Å². The molecule has 0 aliphatic carbocycles. The Morgan fingerprint density at radius 3 is 2.28 bits per heavy atom. The highest BCUT2D eigenvalue weighted by molar-refractivity contribution is 7.13. The normalized spacial score (nSPS) is 13.1. The summed E-state index contributed by atoms with van der Waals surface area (Å²) in [5, 5.41) is 23.7. The van der Waals surface area contributed by atoms with Crippen LogP contribution in [0.3, 0.4) is 0 Å². The van der Waals surface area contributed by atoms with Crippen LogP contribution >= 0.6 is 59.4 Å². The Labute approximate surface area is 333 Å². The van der Waals surface area contributed by atoms with Crippen molar-refractivity contribution in [2.75, 3.05) is 43.4 Å². The maximum absolute atomic E-state index is 12.5. The molecule has 53 heavy (non-hydrogen) atoms. The number of rotatable bonds is 12. The third kappa shape index (κ3) is 12.3. The minimum Gasteiger partial charge on any atom is -0.507 e. The van der Waals surface area contributed by atoms with Gasteiger partial charge in [-0.05, 0) is 60.2 Å². The van der Waals surface area contributed by atoms with E-state index in [1.165, 1.54) is 12.3 Å². The molecule has 4 N–H and O–H groups in total. The number of carbonyl (C=O) groups is 2. The first kappa shape index (κ1) is 41.4. The van der Waals surface area contributed by atoms with E-state index in [2.05, 4.69) is 36.3 Å². The molecule has 1 aromatic heterocycles. The van der Waals surface area contributed by atoms with Crippen molar-refractivity contribution in [1.82, 2.24) is 20.2 Å². The van der Waals surface area contributed by atoms with Gasteiger partial charge < -0.3 is 20.5 Å². The predicted molar refractivity (Wildman–Crippen MR) is 217 cm³/mol. The molecule has 3 amide bonds. The number of thiazole rings is 1. The molecular formula is C37H37Cl4N7O4S. The molecule has 5 aromatic rings. The van der Waals surface area contributed by atoms with Crippen molar-refractivity contribution in [2.24, 2.45) is 5.10 Å². The number of phenols is 1. The van der Waals surface area contributed by atoms with Gasteiger partial charge in [-0.3, -0.25) is 14.6 Å². The Hall–Kier alpha value is -4.40. The number of hydrazone groups is 1. The summed E-state index contributed by atoms with van der Waals surface area (Å²) in [5.74, 6) is 0.327. The highest BCUT2D eigenvalue weighted by atomic mass is 35.5. The molecule has 0 radical (unpaired) electrons. The van der Waals surface area contributed by atoms with Crippen molar-refractivity contribution >= 4 is 88.9 Å². The number of nitrogens with zero attached hydrogens (tertiary/aromatic N) is 4. The molecule has 16 heteroatoms. The van der Waals surface area contributed by atoms with E-state index in [4.69, 9.17) is 32.9 Å². The maximum atomic E-state index is 12.5. The van der Waals surface area contributed by atoms with Crippen LogP contribution in [0.1, 0.15) is 16.8 Å².